The number of fused-ring (bicyclic) bond motifs is 1. The number of phenolic OH excluding ortho intramolecular Hbond substituents is 1. The van der Waals surface area contributed by atoms with E-state index < -0.39 is 5.91 Å². The molecule has 0 spiro atoms. The first kappa shape index (κ1) is 25.7. The Bertz CT molecular complexity index is 1370. The Morgan fingerprint density at radius 3 is 2.26 bits per heavy atom. The number of amides is 2. The molecule has 4 rings (SSSR count). The van der Waals surface area contributed by atoms with Crippen molar-refractivity contribution in [2.45, 2.75) is 6.42 Å². The lowest BCUT2D eigenvalue weighted by molar-refractivity contribution is 0.0954. The van der Waals surface area contributed by atoms with Gasteiger partial charge in [0.15, 0.2) is 0 Å². The topological polar surface area (TPSA) is 116 Å². The molecular weight excluding hydrogens is 485 g/mol. The lowest BCUT2D eigenvalue weighted by atomic mass is 9.99. The summed E-state index contributed by atoms with van der Waals surface area (Å²) in [4.78, 5) is 23.1. The van der Waals surface area contributed by atoms with Crippen LogP contribution in [0, 0.1) is 5.41 Å². The van der Waals surface area contributed by atoms with Gasteiger partial charge in [0, 0.05) is 28.9 Å². The van der Waals surface area contributed by atoms with Crippen molar-refractivity contribution in [2.75, 3.05) is 6.54 Å². The molecule has 0 saturated carbocycles. The van der Waals surface area contributed by atoms with Gasteiger partial charge < -0.3 is 21.6 Å². The molecular formula is C27H23Cl2N3O3. The lowest BCUT2D eigenvalue weighted by Crippen LogP contribution is -2.26. The number of halogens is 2. The van der Waals surface area contributed by atoms with E-state index in [1.54, 1.807) is 6.07 Å². The minimum absolute atomic E-state index is 0.0586. The molecule has 0 saturated heterocycles. The molecule has 0 atom stereocenters. The fraction of sp³-hybridized carbons (Fsp3) is 0.0741. The van der Waals surface area contributed by atoms with Crippen LogP contribution in [0.4, 0.5) is 0 Å². The monoisotopic (exact) mass is 507 g/mol. The summed E-state index contributed by atoms with van der Waals surface area (Å²) >= 11 is 11.4. The predicted octanol–water partition coefficient (Wildman–Crippen LogP) is 5.61. The quantitative estimate of drug-likeness (QED) is 0.254. The van der Waals surface area contributed by atoms with Crippen LogP contribution < -0.4 is 11.1 Å². The molecule has 8 heteroatoms. The van der Waals surface area contributed by atoms with E-state index in [1.807, 2.05) is 54.6 Å². The van der Waals surface area contributed by atoms with Crippen LogP contribution in [-0.4, -0.2) is 29.7 Å². The number of rotatable bonds is 6. The third-order valence-corrected chi connectivity index (χ3v) is 5.76. The van der Waals surface area contributed by atoms with E-state index in [9.17, 15) is 9.59 Å². The maximum absolute atomic E-state index is 12.5. The Morgan fingerprint density at radius 1 is 0.943 bits per heavy atom. The largest absolute Gasteiger partial charge is 0.506 e. The molecule has 0 unspecified atom stereocenters. The SMILES string of the molecule is N=Cc1ccc(C(=O)NCCc2ccc(Cl)cc2)c2ccccc12.NC(=O)c1ccc(O)c(Cl)c1. The predicted molar refractivity (Wildman–Crippen MR) is 141 cm³/mol. The van der Waals surface area contributed by atoms with E-state index in [0.717, 1.165) is 28.3 Å². The van der Waals surface area contributed by atoms with Gasteiger partial charge >= 0.3 is 0 Å². The highest BCUT2D eigenvalue weighted by Gasteiger charge is 2.11. The molecule has 4 aromatic rings. The summed E-state index contributed by atoms with van der Waals surface area (Å²) in [5, 5.41) is 22.0. The highest BCUT2D eigenvalue weighted by molar-refractivity contribution is 6.32. The highest BCUT2D eigenvalue weighted by Crippen LogP contribution is 2.23. The number of carbonyl (C=O) groups excluding carboxylic acids is 2. The lowest BCUT2D eigenvalue weighted by Gasteiger charge is -2.10. The van der Waals surface area contributed by atoms with Crippen LogP contribution in [0.5, 0.6) is 5.75 Å². The zero-order chi connectivity index (χ0) is 25.4. The van der Waals surface area contributed by atoms with Crippen molar-refractivity contribution < 1.29 is 14.7 Å². The fourth-order valence-corrected chi connectivity index (χ4v) is 3.68. The van der Waals surface area contributed by atoms with Crippen LogP contribution in [0.1, 0.15) is 31.8 Å². The molecule has 4 aromatic carbocycles. The van der Waals surface area contributed by atoms with Crippen molar-refractivity contribution >= 4 is 52.0 Å². The van der Waals surface area contributed by atoms with Gasteiger partial charge in [0.05, 0.1) is 5.02 Å². The van der Waals surface area contributed by atoms with Crippen LogP contribution in [0.15, 0.2) is 78.9 Å². The maximum atomic E-state index is 12.5. The summed E-state index contributed by atoms with van der Waals surface area (Å²) in [6, 6.07) is 22.9. The molecule has 0 aliphatic carbocycles. The Morgan fingerprint density at radius 2 is 1.63 bits per heavy atom. The average molecular weight is 508 g/mol. The van der Waals surface area contributed by atoms with Crippen molar-refractivity contribution in [3.63, 3.8) is 0 Å². The number of hydrogen-bond acceptors (Lipinski definition) is 4. The minimum Gasteiger partial charge on any atom is -0.506 e. The van der Waals surface area contributed by atoms with E-state index in [2.05, 4.69) is 5.32 Å². The first-order valence-corrected chi connectivity index (χ1v) is 11.4. The summed E-state index contributed by atoms with van der Waals surface area (Å²) in [5.41, 5.74) is 7.81. The molecule has 5 N–H and O–H groups in total. The van der Waals surface area contributed by atoms with Gasteiger partial charge in [0.25, 0.3) is 5.91 Å². The third kappa shape index (κ3) is 6.82. The maximum Gasteiger partial charge on any atom is 0.251 e. The van der Waals surface area contributed by atoms with Crippen LogP contribution in [0.3, 0.4) is 0 Å². The van der Waals surface area contributed by atoms with E-state index in [-0.39, 0.29) is 22.2 Å². The Kier molecular flexibility index (Phi) is 8.84. The van der Waals surface area contributed by atoms with Gasteiger partial charge in [-0.1, -0.05) is 65.7 Å². The second-order valence-corrected chi connectivity index (χ2v) is 8.40. The highest BCUT2D eigenvalue weighted by atomic mass is 35.5. The smallest absolute Gasteiger partial charge is 0.251 e. The number of carbonyl (C=O) groups is 2. The molecule has 35 heavy (non-hydrogen) atoms. The standard InChI is InChI=1S/C20H17ClN2O.C7H6ClNO2/c21-16-8-5-14(6-9-16)11-12-23-20(24)19-10-7-15(13-22)17-3-1-2-4-18(17)19;8-5-3-4(7(9)11)1-2-6(5)10/h1-10,13,22H,11-12H2,(H,23,24);1-3,10H,(H2,9,11). The number of benzene rings is 4. The second kappa shape index (κ2) is 12.0. The molecule has 2 amide bonds. The number of nitrogens with one attached hydrogen (secondary N) is 2. The van der Waals surface area contributed by atoms with Gasteiger partial charge in [0.2, 0.25) is 5.91 Å². The molecule has 0 bridgehead atoms. The van der Waals surface area contributed by atoms with Crippen LogP contribution >= 0.6 is 23.2 Å². The summed E-state index contributed by atoms with van der Waals surface area (Å²) in [6.45, 7) is 0.557. The summed E-state index contributed by atoms with van der Waals surface area (Å²) < 4.78 is 0. The number of hydrogen-bond donors (Lipinski definition) is 4. The van der Waals surface area contributed by atoms with Gasteiger partial charge in [-0.05, 0) is 64.7 Å². The molecule has 0 aliphatic rings. The Hall–Kier alpha value is -3.87. The summed E-state index contributed by atoms with van der Waals surface area (Å²) in [7, 11) is 0. The van der Waals surface area contributed by atoms with Crippen molar-refractivity contribution in [3.8, 4) is 5.75 Å². The first-order valence-electron chi connectivity index (χ1n) is 10.6. The third-order valence-electron chi connectivity index (χ3n) is 5.20. The molecule has 0 aromatic heterocycles. The normalized spacial score (nSPS) is 10.2. The number of phenols is 1. The zero-order valence-corrected chi connectivity index (χ0v) is 20.1. The Labute approximate surface area is 212 Å². The van der Waals surface area contributed by atoms with Crippen LogP contribution in [-0.2, 0) is 6.42 Å². The van der Waals surface area contributed by atoms with Crippen molar-refractivity contribution in [3.05, 3.63) is 111 Å². The fourth-order valence-electron chi connectivity index (χ4n) is 3.37. The van der Waals surface area contributed by atoms with Gasteiger partial charge in [-0.15, -0.1) is 0 Å². The van der Waals surface area contributed by atoms with Crippen LogP contribution in [0.2, 0.25) is 10.0 Å². The van der Waals surface area contributed by atoms with Gasteiger partial charge in [-0.2, -0.15) is 0 Å². The summed E-state index contributed by atoms with van der Waals surface area (Å²) in [6.07, 6.45) is 2.06. The zero-order valence-electron chi connectivity index (χ0n) is 18.6. The van der Waals surface area contributed by atoms with Gasteiger partial charge in [0.1, 0.15) is 5.75 Å². The van der Waals surface area contributed by atoms with Crippen molar-refractivity contribution in [1.82, 2.24) is 5.32 Å². The Balaban J connectivity index is 0.000000261. The molecule has 178 valence electrons. The van der Waals surface area contributed by atoms with Crippen molar-refractivity contribution in [1.29, 1.82) is 5.41 Å². The van der Waals surface area contributed by atoms with Crippen molar-refractivity contribution in [2.24, 2.45) is 5.73 Å². The van der Waals surface area contributed by atoms with E-state index >= 15 is 0 Å². The van der Waals surface area contributed by atoms with Gasteiger partial charge in [-0.3, -0.25) is 9.59 Å². The molecule has 0 heterocycles. The van der Waals surface area contributed by atoms with E-state index in [0.29, 0.717) is 17.1 Å². The van der Waals surface area contributed by atoms with E-state index in [1.165, 1.54) is 24.4 Å². The van der Waals surface area contributed by atoms with Gasteiger partial charge in [-0.25, -0.2) is 0 Å². The van der Waals surface area contributed by atoms with E-state index in [4.69, 9.17) is 39.5 Å². The second-order valence-electron chi connectivity index (χ2n) is 7.56. The molecule has 0 radical (unpaired) electrons. The van der Waals surface area contributed by atoms with Crippen LogP contribution in [0.25, 0.3) is 10.8 Å². The first-order chi connectivity index (χ1) is 16.8. The number of nitrogens with two attached hydrogens (primary N) is 1. The number of primary amides is 1. The summed E-state index contributed by atoms with van der Waals surface area (Å²) in [5.74, 6) is -0.722. The molecule has 0 aliphatic heterocycles. The number of aromatic hydroxyl groups is 1. The molecule has 0 fully saturated rings. The average Bonchev–Trinajstić information content (AvgIpc) is 2.86. The molecule has 6 nitrogen and oxygen atoms in total. The minimum atomic E-state index is -0.563.